The molecule has 0 aromatic carbocycles. The summed E-state index contributed by atoms with van der Waals surface area (Å²) in [6.07, 6.45) is 5.68. The van der Waals surface area contributed by atoms with Crippen LogP contribution in [0.3, 0.4) is 0 Å². The van der Waals surface area contributed by atoms with Crippen molar-refractivity contribution in [3.8, 4) is 11.9 Å². The van der Waals surface area contributed by atoms with Crippen LogP contribution in [0.2, 0.25) is 0 Å². The highest BCUT2D eigenvalue weighted by molar-refractivity contribution is 5.88. The maximum atomic E-state index is 10.6. The number of carboxylic acid groups (broad SMARTS) is 1. The van der Waals surface area contributed by atoms with E-state index in [2.05, 4.69) is 15.0 Å². The van der Waals surface area contributed by atoms with Gasteiger partial charge in [-0.1, -0.05) is 6.07 Å². The summed E-state index contributed by atoms with van der Waals surface area (Å²) < 4.78 is 10.2. The standard InChI is InChI=1S/C16H17N3O5/c1-23-14-11(9-18-16(19-14)24-2)5-3-10-4-6-12(17-8-10)7-13(20)15(21)22/h4,6-9,20H,3,5H2,1-2H3,(H,21,22)/b13-7-. The molecule has 0 amide bonds. The molecule has 0 aliphatic heterocycles. The van der Waals surface area contributed by atoms with Crippen LogP contribution in [0, 0.1) is 0 Å². The lowest BCUT2D eigenvalue weighted by Gasteiger charge is -2.08. The molecule has 0 bridgehead atoms. The molecule has 8 heteroatoms. The van der Waals surface area contributed by atoms with Gasteiger partial charge in [0, 0.05) is 24.0 Å². The molecule has 24 heavy (non-hydrogen) atoms. The predicted octanol–water partition coefficient (Wildman–Crippen LogP) is 1.66. The van der Waals surface area contributed by atoms with Crippen molar-refractivity contribution in [3.05, 3.63) is 47.1 Å². The molecule has 2 aromatic heterocycles. The molecule has 0 unspecified atom stereocenters. The quantitative estimate of drug-likeness (QED) is 0.581. The van der Waals surface area contributed by atoms with Gasteiger partial charge in [-0.25, -0.2) is 9.78 Å². The van der Waals surface area contributed by atoms with Gasteiger partial charge in [0.1, 0.15) is 0 Å². The lowest BCUT2D eigenvalue weighted by atomic mass is 10.1. The van der Waals surface area contributed by atoms with Crippen molar-refractivity contribution in [2.24, 2.45) is 0 Å². The Morgan fingerprint density at radius 3 is 2.50 bits per heavy atom. The third-order valence-electron chi connectivity index (χ3n) is 3.21. The van der Waals surface area contributed by atoms with Crippen molar-refractivity contribution in [1.82, 2.24) is 15.0 Å². The number of pyridine rings is 1. The third kappa shape index (κ3) is 4.42. The van der Waals surface area contributed by atoms with E-state index < -0.39 is 11.7 Å². The molecule has 2 aromatic rings. The number of rotatable bonds is 7. The Morgan fingerprint density at radius 2 is 1.92 bits per heavy atom. The minimum atomic E-state index is -1.40. The first kappa shape index (κ1) is 17.2. The summed E-state index contributed by atoms with van der Waals surface area (Å²) in [4.78, 5) is 22.8. The predicted molar refractivity (Wildman–Crippen MR) is 85.0 cm³/mol. The highest BCUT2D eigenvalue weighted by atomic mass is 16.5. The smallest absolute Gasteiger partial charge is 0.371 e. The Hall–Kier alpha value is -3.16. The van der Waals surface area contributed by atoms with Gasteiger partial charge in [0.25, 0.3) is 0 Å². The summed E-state index contributed by atoms with van der Waals surface area (Å²) in [5.74, 6) is -1.69. The largest absolute Gasteiger partial charge is 0.502 e. The molecule has 0 saturated carbocycles. The van der Waals surface area contributed by atoms with Crippen LogP contribution in [0.4, 0.5) is 0 Å². The summed E-state index contributed by atoms with van der Waals surface area (Å²) in [5.41, 5.74) is 2.15. The van der Waals surface area contributed by atoms with E-state index in [-0.39, 0.29) is 6.01 Å². The van der Waals surface area contributed by atoms with Crippen molar-refractivity contribution >= 4 is 12.0 Å². The maximum absolute atomic E-state index is 10.6. The van der Waals surface area contributed by atoms with Gasteiger partial charge in [-0.15, -0.1) is 0 Å². The fraction of sp³-hybridized carbons (Fsp3) is 0.250. The molecular weight excluding hydrogens is 314 g/mol. The molecule has 0 atom stereocenters. The lowest BCUT2D eigenvalue weighted by molar-refractivity contribution is -0.135. The number of hydrogen-bond donors (Lipinski definition) is 2. The first-order valence-electron chi connectivity index (χ1n) is 7.06. The highest BCUT2D eigenvalue weighted by Crippen LogP contribution is 2.19. The van der Waals surface area contributed by atoms with Crippen molar-refractivity contribution < 1.29 is 24.5 Å². The number of aryl methyl sites for hydroxylation is 2. The van der Waals surface area contributed by atoms with Crippen molar-refractivity contribution in [1.29, 1.82) is 0 Å². The summed E-state index contributed by atoms with van der Waals surface area (Å²) in [5, 5.41) is 17.8. The Bertz CT molecular complexity index is 744. The van der Waals surface area contributed by atoms with Gasteiger partial charge in [0.05, 0.1) is 19.9 Å². The zero-order valence-corrected chi connectivity index (χ0v) is 13.3. The van der Waals surface area contributed by atoms with Crippen molar-refractivity contribution in [3.63, 3.8) is 0 Å². The average molecular weight is 331 g/mol. The normalized spacial score (nSPS) is 11.2. The molecule has 126 valence electrons. The molecule has 2 rings (SSSR count). The van der Waals surface area contributed by atoms with Gasteiger partial charge in [-0.05, 0) is 24.5 Å². The van der Waals surface area contributed by atoms with E-state index in [0.29, 0.717) is 24.4 Å². The SMILES string of the molecule is COc1ncc(CCc2ccc(/C=C(\O)C(=O)O)nc2)c(OC)n1. The van der Waals surface area contributed by atoms with E-state index in [9.17, 15) is 9.90 Å². The number of carbonyl (C=O) groups is 1. The number of methoxy groups -OCH3 is 2. The Labute approximate surface area is 138 Å². The van der Waals surface area contributed by atoms with Gasteiger partial charge in [-0.3, -0.25) is 4.98 Å². The zero-order chi connectivity index (χ0) is 17.5. The number of aliphatic carboxylic acids is 1. The molecule has 2 heterocycles. The van der Waals surface area contributed by atoms with Gasteiger partial charge in [0.15, 0.2) is 0 Å². The fourth-order valence-corrected chi connectivity index (χ4v) is 1.97. The summed E-state index contributed by atoms with van der Waals surface area (Å²) >= 11 is 0. The topological polar surface area (TPSA) is 115 Å². The second kappa shape index (κ2) is 7.91. The third-order valence-corrected chi connectivity index (χ3v) is 3.21. The van der Waals surface area contributed by atoms with Gasteiger partial charge in [0.2, 0.25) is 11.6 Å². The number of ether oxygens (including phenoxy) is 2. The van der Waals surface area contributed by atoms with Gasteiger partial charge in [-0.2, -0.15) is 4.98 Å². The first-order valence-corrected chi connectivity index (χ1v) is 7.06. The van der Waals surface area contributed by atoms with Crippen molar-refractivity contribution in [2.75, 3.05) is 14.2 Å². The molecule has 0 saturated heterocycles. The van der Waals surface area contributed by atoms with Crippen LogP contribution < -0.4 is 9.47 Å². The van der Waals surface area contributed by atoms with Crippen LogP contribution in [-0.2, 0) is 17.6 Å². The first-order chi connectivity index (χ1) is 11.5. The lowest BCUT2D eigenvalue weighted by Crippen LogP contribution is -2.02. The number of aliphatic hydroxyl groups excluding tert-OH is 1. The van der Waals surface area contributed by atoms with Crippen LogP contribution in [0.5, 0.6) is 11.9 Å². The molecule has 0 radical (unpaired) electrons. The van der Waals surface area contributed by atoms with Crippen LogP contribution in [0.25, 0.3) is 6.08 Å². The second-order valence-electron chi connectivity index (χ2n) is 4.82. The molecular formula is C16H17N3O5. The molecule has 0 spiro atoms. The summed E-state index contributed by atoms with van der Waals surface area (Å²) in [6, 6.07) is 3.69. The number of aromatic nitrogens is 3. The van der Waals surface area contributed by atoms with Crippen LogP contribution >= 0.6 is 0 Å². The molecule has 8 nitrogen and oxygen atoms in total. The van der Waals surface area contributed by atoms with E-state index in [1.54, 1.807) is 18.5 Å². The number of carboxylic acids is 1. The second-order valence-corrected chi connectivity index (χ2v) is 4.82. The number of nitrogens with zero attached hydrogens (tertiary/aromatic N) is 3. The maximum Gasteiger partial charge on any atom is 0.371 e. The average Bonchev–Trinajstić information content (AvgIpc) is 2.60. The minimum Gasteiger partial charge on any atom is -0.502 e. The van der Waals surface area contributed by atoms with Gasteiger partial charge < -0.3 is 19.7 Å². The minimum absolute atomic E-state index is 0.242. The molecule has 0 aliphatic carbocycles. The van der Waals surface area contributed by atoms with E-state index in [1.165, 1.54) is 14.2 Å². The molecule has 0 fully saturated rings. The van der Waals surface area contributed by atoms with E-state index >= 15 is 0 Å². The van der Waals surface area contributed by atoms with E-state index in [4.69, 9.17) is 14.6 Å². The Morgan fingerprint density at radius 1 is 1.12 bits per heavy atom. The summed E-state index contributed by atoms with van der Waals surface area (Å²) in [7, 11) is 3.02. The number of aliphatic hydroxyl groups is 1. The fourth-order valence-electron chi connectivity index (χ4n) is 1.97. The monoisotopic (exact) mass is 331 g/mol. The Kier molecular flexibility index (Phi) is 5.67. The van der Waals surface area contributed by atoms with Crippen LogP contribution in [0.15, 0.2) is 30.3 Å². The number of hydrogen-bond acceptors (Lipinski definition) is 7. The van der Waals surface area contributed by atoms with E-state index in [1.807, 2.05) is 6.07 Å². The summed E-state index contributed by atoms with van der Waals surface area (Å²) in [6.45, 7) is 0. The zero-order valence-electron chi connectivity index (χ0n) is 13.3. The van der Waals surface area contributed by atoms with Crippen LogP contribution in [0.1, 0.15) is 16.8 Å². The Balaban J connectivity index is 2.05. The highest BCUT2D eigenvalue weighted by Gasteiger charge is 2.09. The van der Waals surface area contributed by atoms with Crippen LogP contribution in [-0.4, -0.2) is 45.4 Å². The molecule has 2 N–H and O–H groups in total. The van der Waals surface area contributed by atoms with Gasteiger partial charge >= 0.3 is 12.0 Å². The van der Waals surface area contributed by atoms with Crippen molar-refractivity contribution in [2.45, 2.75) is 12.8 Å². The molecule has 0 aliphatic rings. The van der Waals surface area contributed by atoms with E-state index in [0.717, 1.165) is 17.2 Å².